The van der Waals surface area contributed by atoms with E-state index in [1.165, 1.54) is 12.1 Å². The molecule has 1 aromatic rings. The number of amides is 1. The van der Waals surface area contributed by atoms with E-state index in [0.29, 0.717) is 5.75 Å². The number of carbonyl (C=O) groups excluding carboxylic acids is 1. The second kappa shape index (κ2) is 5.17. The molecule has 1 amide bonds. The third-order valence-electron chi connectivity index (χ3n) is 2.99. The van der Waals surface area contributed by atoms with Crippen LogP contribution in [0.5, 0.6) is 5.75 Å². The maximum atomic E-state index is 13.0. The van der Waals surface area contributed by atoms with Crippen molar-refractivity contribution in [2.24, 2.45) is 0 Å². The summed E-state index contributed by atoms with van der Waals surface area (Å²) in [5, 5.41) is 0. The number of likely N-dealkylation sites (tertiary alicyclic amines) is 1. The summed E-state index contributed by atoms with van der Waals surface area (Å²) in [7, 11) is 0. The molecule has 1 aliphatic rings. The molecule has 4 heteroatoms. The van der Waals surface area contributed by atoms with E-state index in [1.54, 1.807) is 19.1 Å². The largest absolute Gasteiger partial charge is 0.490 e. The molecule has 0 N–H and O–H groups in total. The Kier molecular flexibility index (Phi) is 3.61. The van der Waals surface area contributed by atoms with Crippen LogP contribution in [0.1, 0.15) is 19.8 Å². The first-order valence-electron chi connectivity index (χ1n) is 5.83. The highest BCUT2D eigenvalue weighted by atomic mass is 19.1. The Morgan fingerprint density at radius 1 is 1.41 bits per heavy atom. The lowest BCUT2D eigenvalue weighted by molar-refractivity contribution is -0.130. The Bertz CT molecular complexity index is 400. The molecule has 0 aliphatic carbocycles. The summed E-state index contributed by atoms with van der Waals surface area (Å²) in [6.45, 7) is 3.01. The Hall–Kier alpha value is -1.58. The predicted octanol–water partition coefficient (Wildman–Crippen LogP) is 2.22. The van der Waals surface area contributed by atoms with Crippen molar-refractivity contribution < 1.29 is 13.9 Å². The molecule has 1 aliphatic heterocycles. The van der Waals surface area contributed by atoms with Crippen molar-refractivity contribution in [2.75, 3.05) is 13.1 Å². The molecule has 0 atom stereocenters. The van der Waals surface area contributed by atoms with Gasteiger partial charge in [0.2, 0.25) is 5.91 Å². The van der Waals surface area contributed by atoms with Crippen molar-refractivity contribution in [2.45, 2.75) is 25.9 Å². The summed E-state index contributed by atoms with van der Waals surface area (Å²) >= 11 is 0. The summed E-state index contributed by atoms with van der Waals surface area (Å²) in [5.74, 6) is 0.379. The van der Waals surface area contributed by atoms with Gasteiger partial charge in [0, 0.05) is 38.9 Å². The van der Waals surface area contributed by atoms with Gasteiger partial charge in [-0.3, -0.25) is 4.79 Å². The molecule has 0 bridgehead atoms. The molecular formula is C13H16FNO2. The van der Waals surface area contributed by atoms with Gasteiger partial charge in [-0.15, -0.1) is 0 Å². The first kappa shape index (κ1) is 11.9. The quantitative estimate of drug-likeness (QED) is 0.789. The molecule has 0 radical (unpaired) electrons. The maximum absolute atomic E-state index is 13.0. The molecule has 17 heavy (non-hydrogen) atoms. The van der Waals surface area contributed by atoms with Gasteiger partial charge >= 0.3 is 0 Å². The minimum atomic E-state index is -0.288. The van der Waals surface area contributed by atoms with E-state index in [-0.39, 0.29) is 17.8 Å². The summed E-state index contributed by atoms with van der Waals surface area (Å²) in [6, 6.07) is 6.17. The van der Waals surface area contributed by atoms with E-state index in [4.69, 9.17) is 4.74 Å². The lowest BCUT2D eigenvalue weighted by atomic mass is 10.1. The third-order valence-corrected chi connectivity index (χ3v) is 2.99. The molecule has 0 spiro atoms. The van der Waals surface area contributed by atoms with Crippen molar-refractivity contribution >= 4 is 5.91 Å². The number of benzene rings is 1. The van der Waals surface area contributed by atoms with Crippen LogP contribution in [0.4, 0.5) is 4.39 Å². The third kappa shape index (κ3) is 3.19. The number of carbonyl (C=O) groups is 1. The van der Waals surface area contributed by atoms with E-state index >= 15 is 0 Å². The summed E-state index contributed by atoms with van der Waals surface area (Å²) in [6.07, 6.45) is 1.68. The first-order valence-corrected chi connectivity index (χ1v) is 5.83. The Balaban J connectivity index is 1.88. The van der Waals surface area contributed by atoms with Crippen LogP contribution >= 0.6 is 0 Å². The maximum Gasteiger partial charge on any atom is 0.219 e. The van der Waals surface area contributed by atoms with Gasteiger partial charge in [-0.1, -0.05) is 6.07 Å². The van der Waals surface area contributed by atoms with Gasteiger partial charge in [0.15, 0.2) is 0 Å². The molecule has 3 nitrogen and oxygen atoms in total. The van der Waals surface area contributed by atoms with Crippen molar-refractivity contribution in [1.29, 1.82) is 0 Å². The lowest BCUT2D eigenvalue weighted by Crippen LogP contribution is -2.40. The monoisotopic (exact) mass is 237 g/mol. The number of piperidine rings is 1. The number of halogens is 1. The van der Waals surface area contributed by atoms with E-state index in [2.05, 4.69) is 0 Å². The fraction of sp³-hybridized carbons (Fsp3) is 0.462. The summed E-state index contributed by atoms with van der Waals surface area (Å²) in [5.41, 5.74) is 0. The molecule has 92 valence electrons. The number of hydrogen-bond acceptors (Lipinski definition) is 2. The van der Waals surface area contributed by atoms with E-state index in [0.717, 1.165) is 25.9 Å². The molecule has 0 aromatic heterocycles. The second-order valence-corrected chi connectivity index (χ2v) is 4.28. The Morgan fingerprint density at radius 2 is 2.12 bits per heavy atom. The average molecular weight is 237 g/mol. The van der Waals surface area contributed by atoms with Gasteiger partial charge in [0.25, 0.3) is 0 Å². The van der Waals surface area contributed by atoms with Crippen molar-refractivity contribution in [1.82, 2.24) is 4.90 Å². The zero-order valence-corrected chi connectivity index (χ0v) is 9.86. The molecule has 0 saturated carbocycles. The molecule has 1 saturated heterocycles. The van der Waals surface area contributed by atoms with Gasteiger partial charge < -0.3 is 9.64 Å². The van der Waals surface area contributed by atoms with Gasteiger partial charge in [-0.2, -0.15) is 0 Å². The summed E-state index contributed by atoms with van der Waals surface area (Å²) in [4.78, 5) is 13.0. The van der Waals surface area contributed by atoms with Crippen LogP contribution in [0, 0.1) is 5.82 Å². The Labute approximate surface area is 100 Å². The molecule has 1 aromatic carbocycles. The van der Waals surface area contributed by atoms with Gasteiger partial charge in [0.1, 0.15) is 17.7 Å². The van der Waals surface area contributed by atoms with E-state index < -0.39 is 0 Å². The fourth-order valence-corrected chi connectivity index (χ4v) is 2.02. The SMILES string of the molecule is CC(=O)N1CCC(Oc2cccc(F)c2)CC1. The minimum absolute atomic E-state index is 0.0763. The van der Waals surface area contributed by atoms with Crippen LogP contribution in [-0.4, -0.2) is 30.0 Å². The van der Waals surface area contributed by atoms with E-state index in [1.807, 2.05) is 4.90 Å². The standard InChI is InChI=1S/C13H16FNO2/c1-10(16)15-7-5-12(6-8-15)17-13-4-2-3-11(14)9-13/h2-4,9,12H,5-8H2,1H3. The van der Waals surface area contributed by atoms with Crippen LogP contribution in [0.25, 0.3) is 0 Å². The zero-order valence-electron chi connectivity index (χ0n) is 9.86. The predicted molar refractivity (Wildman–Crippen MR) is 62.3 cm³/mol. The van der Waals surface area contributed by atoms with Crippen LogP contribution in [0.2, 0.25) is 0 Å². The van der Waals surface area contributed by atoms with Gasteiger partial charge in [-0.25, -0.2) is 4.39 Å². The highest BCUT2D eigenvalue weighted by Crippen LogP contribution is 2.19. The fourth-order valence-electron chi connectivity index (χ4n) is 2.02. The van der Waals surface area contributed by atoms with Crippen LogP contribution in [0.15, 0.2) is 24.3 Å². The second-order valence-electron chi connectivity index (χ2n) is 4.28. The van der Waals surface area contributed by atoms with Crippen molar-refractivity contribution in [3.8, 4) is 5.75 Å². The zero-order chi connectivity index (χ0) is 12.3. The normalized spacial score (nSPS) is 16.9. The van der Waals surface area contributed by atoms with E-state index in [9.17, 15) is 9.18 Å². The van der Waals surface area contributed by atoms with Crippen molar-refractivity contribution in [3.05, 3.63) is 30.1 Å². The first-order chi connectivity index (χ1) is 8.15. The number of hydrogen-bond donors (Lipinski definition) is 0. The molecule has 2 rings (SSSR count). The molecule has 0 unspecified atom stereocenters. The molecular weight excluding hydrogens is 221 g/mol. The molecule has 1 fully saturated rings. The minimum Gasteiger partial charge on any atom is -0.490 e. The number of rotatable bonds is 2. The van der Waals surface area contributed by atoms with Gasteiger partial charge in [0.05, 0.1) is 0 Å². The Morgan fingerprint density at radius 3 is 2.71 bits per heavy atom. The topological polar surface area (TPSA) is 29.5 Å². The highest BCUT2D eigenvalue weighted by Gasteiger charge is 2.21. The lowest BCUT2D eigenvalue weighted by Gasteiger charge is -2.31. The summed E-state index contributed by atoms with van der Waals surface area (Å²) < 4.78 is 18.6. The highest BCUT2D eigenvalue weighted by molar-refractivity contribution is 5.73. The molecule has 1 heterocycles. The van der Waals surface area contributed by atoms with Crippen molar-refractivity contribution in [3.63, 3.8) is 0 Å². The van der Waals surface area contributed by atoms with Gasteiger partial charge in [-0.05, 0) is 12.1 Å². The van der Waals surface area contributed by atoms with Crippen LogP contribution < -0.4 is 4.74 Å². The smallest absolute Gasteiger partial charge is 0.219 e. The van der Waals surface area contributed by atoms with Crippen LogP contribution in [-0.2, 0) is 4.79 Å². The number of ether oxygens (including phenoxy) is 1. The average Bonchev–Trinajstić information content (AvgIpc) is 2.29. The van der Waals surface area contributed by atoms with Crippen LogP contribution in [0.3, 0.4) is 0 Å². The number of nitrogens with zero attached hydrogens (tertiary/aromatic N) is 1.